The third-order valence-corrected chi connectivity index (χ3v) is 6.27. The SMILES string of the molecule is CCOC(=O)C1CCN(S(=O)(=O)c2c(C)nn(C(F)F)c2C)CC1. The minimum atomic E-state index is -3.93. The van der Waals surface area contributed by atoms with Gasteiger partial charge in [0.25, 0.3) is 0 Å². The molecular weight excluding hydrogens is 344 g/mol. The van der Waals surface area contributed by atoms with E-state index in [1.54, 1.807) is 6.92 Å². The number of sulfonamides is 1. The molecule has 1 aromatic rings. The van der Waals surface area contributed by atoms with Crippen molar-refractivity contribution in [1.29, 1.82) is 0 Å². The molecule has 0 spiro atoms. The Labute approximate surface area is 139 Å². The first-order valence-corrected chi connectivity index (χ1v) is 9.14. The van der Waals surface area contributed by atoms with Crippen molar-refractivity contribution in [2.75, 3.05) is 19.7 Å². The number of alkyl halides is 2. The number of hydrogen-bond acceptors (Lipinski definition) is 5. The summed E-state index contributed by atoms with van der Waals surface area (Å²) in [7, 11) is -3.93. The van der Waals surface area contributed by atoms with Crippen molar-refractivity contribution in [2.24, 2.45) is 5.92 Å². The second-order valence-corrected chi connectivity index (χ2v) is 7.53. The van der Waals surface area contributed by atoms with Gasteiger partial charge in [-0.3, -0.25) is 4.79 Å². The molecule has 7 nitrogen and oxygen atoms in total. The van der Waals surface area contributed by atoms with E-state index in [0.717, 1.165) is 0 Å². The summed E-state index contributed by atoms with van der Waals surface area (Å²) in [4.78, 5) is 11.5. The Balaban J connectivity index is 2.20. The van der Waals surface area contributed by atoms with Crippen LogP contribution in [0.1, 0.15) is 37.7 Å². The Morgan fingerprint density at radius 1 is 1.33 bits per heavy atom. The number of nitrogens with zero attached hydrogens (tertiary/aromatic N) is 3. The van der Waals surface area contributed by atoms with Gasteiger partial charge in [0, 0.05) is 13.1 Å². The molecule has 0 atom stereocenters. The molecule has 24 heavy (non-hydrogen) atoms. The van der Waals surface area contributed by atoms with Crippen molar-refractivity contribution in [3.8, 4) is 0 Å². The second kappa shape index (κ2) is 7.14. The molecule has 136 valence electrons. The lowest BCUT2D eigenvalue weighted by Gasteiger charge is -2.30. The highest BCUT2D eigenvalue weighted by atomic mass is 32.2. The summed E-state index contributed by atoms with van der Waals surface area (Å²) in [5.74, 6) is -0.658. The van der Waals surface area contributed by atoms with Crippen LogP contribution in [0.3, 0.4) is 0 Å². The molecule has 0 bridgehead atoms. The summed E-state index contributed by atoms with van der Waals surface area (Å²) in [6, 6.07) is 0. The van der Waals surface area contributed by atoms with Gasteiger partial charge in [-0.1, -0.05) is 0 Å². The van der Waals surface area contributed by atoms with Gasteiger partial charge in [-0.05, 0) is 33.6 Å². The number of hydrogen-bond donors (Lipinski definition) is 0. The van der Waals surface area contributed by atoms with E-state index in [1.165, 1.54) is 18.2 Å². The normalized spacial score (nSPS) is 17.4. The van der Waals surface area contributed by atoms with Crippen molar-refractivity contribution in [3.05, 3.63) is 11.4 Å². The Morgan fingerprint density at radius 3 is 2.38 bits per heavy atom. The van der Waals surface area contributed by atoms with E-state index in [1.807, 2.05) is 0 Å². The Bertz CT molecular complexity index is 710. The summed E-state index contributed by atoms with van der Waals surface area (Å²) >= 11 is 0. The van der Waals surface area contributed by atoms with Gasteiger partial charge in [0.2, 0.25) is 10.0 Å². The Kier molecular flexibility index (Phi) is 5.59. The predicted molar refractivity (Wildman–Crippen MR) is 81.1 cm³/mol. The molecule has 0 N–H and O–H groups in total. The highest BCUT2D eigenvalue weighted by Gasteiger charge is 2.36. The van der Waals surface area contributed by atoms with E-state index in [2.05, 4.69) is 5.10 Å². The minimum Gasteiger partial charge on any atom is -0.466 e. The highest BCUT2D eigenvalue weighted by molar-refractivity contribution is 7.89. The van der Waals surface area contributed by atoms with Crippen molar-refractivity contribution in [1.82, 2.24) is 14.1 Å². The molecule has 2 heterocycles. The van der Waals surface area contributed by atoms with Gasteiger partial charge in [0.15, 0.2) is 0 Å². The Morgan fingerprint density at radius 2 is 1.92 bits per heavy atom. The van der Waals surface area contributed by atoms with Crippen molar-refractivity contribution >= 4 is 16.0 Å². The maximum absolute atomic E-state index is 12.9. The summed E-state index contributed by atoms with van der Waals surface area (Å²) in [6.07, 6.45) is 0.693. The van der Waals surface area contributed by atoms with Crippen LogP contribution in [0.5, 0.6) is 0 Å². The van der Waals surface area contributed by atoms with Crippen molar-refractivity contribution < 1.29 is 26.7 Å². The number of carbonyl (C=O) groups is 1. The van der Waals surface area contributed by atoms with Crippen LogP contribution in [-0.2, 0) is 19.6 Å². The van der Waals surface area contributed by atoms with Crippen LogP contribution >= 0.6 is 0 Å². The van der Waals surface area contributed by atoms with E-state index >= 15 is 0 Å². The molecule has 0 aromatic carbocycles. The standard InChI is InChI=1S/C14H21F2N3O4S/c1-4-23-13(20)11-5-7-18(8-6-11)24(21,22)12-9(2)17-19(10(12)3)14(15)16/h11,14H,4-8H2,1-3H3. The first-order valence-electron chi connectivity index (χ1n) is 7.70. The third-order valence-electron chi connectivity index (χ3n) is 4.12. The van der Waals surface area contributed by atoms with E-state index in [4.69, 9.17) is 4.74 Å². The van der Waals surface area contributed by atoms with E-state index < -0.39 is 16.6 Å². The fourth-order valence-corrected chi connectivity index (χ4v) is 4.76. The average molecular weight is 365 g/mol. The maximum atomic E-state index is 12.9. The quantitative estimate of drug-likeness (QED) is 0.744. The summed E-state index contributed by atoms with van der Waals surface area (Å²) < 4.78 is 57.9. The monoisotopic (exact) mass is 365 g/mol. The largest absolute Gasteiger partial charge is 0.466 e. The fourth-order valence-electron chi connectivity index (χ4n) is 2.93. The van der Waals surface area contributed by atoms with Crippen LogP contribution in [0.15, 0.2) is 4.90 Å². The molecule has 0 aliphatic carbocycles. The molecular formula is C14H21F2N3O4S. The molecule has 0 unspecified atom stereocenters. The third kappa shape index (κ3) is 3.44. The van der Waals surface area contributed by atoms with Gasteiger partial charge >= 0.3 is 12.5 Å². The average Bonchev–Trinajstić information content (AvgIpc) is 2.83. The molecule has 0 radical (unpaired) electrons. The van der Waals surface area contributed by atoms with Crippen LogP contribution in [0.2, 0.25) is 0 Å². The summed E-state index contributed by atoms with van der Waals surface area (Å²) in [5, 5.41) is 3.63. The number of carbonyl (C=O) groups excluding carboxylic acids is 1. The van der Waals surface area contributed by atoms with Gasteiger partial charge in [-0.25, -0.2) is 13.1 Å². The van der Waals surface area contributed by atoms with Gasteiger partial charge in [-0.15, -0.1) is 0 Å². The summed E-state index contributed by atoms with van der Waals surface area (Å²) in [6.45, 7) is 2.08. The lowest BCUT2D eigenvalue weighted by Crippen LogP contribution is -2.41. The van der Waals surface area contributed by atoms with Gasteiger partial charge < -0.3 is 4.74 Å². The number of piperidine rings is 1. The topological polar surface area (TPSA) is 81.5 Å². The van der Waals surface area contributed by atoms with Crippen LogP contribution in [-0.4, -0.2) is 48.2 Å². The van der Waals surface area contributed by atoms with Crippen molar-refractivity contribution in [2.45, 2.75) is 45.1 Å². The first kappa shape index (κ1) is 18.8. The summed E-state index contributed by atoms with van der Waals surface area (Å²) in [5.41, 5.74) is -0.0460. The number of aryl methyl sites for hydroxylation is 1. The van der Waals surface area contributed by atoms with Crippen LogP contribution in [0.25, 0.3) is 0 Å². The smallest absolute Gasteiger partial charge is 0.333 e. The lowest BCUT2D eigenvalue weighted by atomic mass is 9.98. The molecule has 1 saturated heterocycles. The molecule has 1 fully saturated rings. The molecule has 1 aliphatic heterocycles. The van der Waals surface area contributed by atoms with Crippen molar-refractivity contribution in [3.63, 3.8) is 0 Å². The maximum Gasteiger partial charge on any atom is 0.333 e. The second-order valence-electron chi connectivity index (χ2n) is 5.65. The number of ether oxygens (including phenoxy) is 1. The van der Waals surface area contributed by atoms with E-state index in [0.29, 0.717) is 17.5 Å². The van der Waals surface area contributed by atoms with Gasteiger partial charge in [0.05, 0.1) is 23.9 Å². The molecule has 10 heteroatoms. The number of halogens is 2. The molecule has 2 rings (SSSR count). The van der Waals surface area contributed by atoms with Crippen LogP contribution < -0.4 is 0 Å². The zero-order valence-electron chi connectivity index (χ0n) is 13.8. The fraction of sp³-hybridized carbons (Fsp3) is 0.714. The van der Waals surface area contributed by atoms with Gasteiger partial charge in [-0.2, -0.15) is 18.2 Å². The zero-order chi connectivity index (χ0) is 18.1. The van der Waals surface area contributed by atoms with Crippen LogP contribution in [0.4, 0.5) is 8.78 Å². The van der Waals surface area contributed by atoms with Crippen LogP contribution in [0, 0.1) is 19.8 Å². The number of rotatable bonds is 5. The molecule has 0 amide bonds. The predicted octanol–water partition coefficient (Wildman–Crippen LogP) is 1.86. The first-order chi connectivity index (χ1) is 11.2. The molecule has 0 saturated carbocycles. The van der Waals surface area contributed by atoms with E-state index in [-0.39, 0.29) is 47.9 Å². The van der Waals surface area contributed by atoms with Gasteiger partial charge in [0.1, 0.15) is 4.90 Å². The minimum absolute atomic E-state index is 0.0420. The number of esters is 1. The highest BCUT2D eigenvalue weighted by Crippen LogP contribution is 2.29. The lowest BCUT2D eigenvalue weighted by molar-refractivity contribution is -0.149. The van der Waals surface area contributed by atoms with E-state index in [9.17, 15) is 22.0 Å². The molecule has 1 aromatic heterocycles. The zero-order valence-corrected chi connectivity index (χ0v) is 14.6. The Hall–Kier alpha value is -1.55. The number of aromatic nitrogens is 2. The molecule has 1 aliphatic rings.